The lowest BCUT2D eigenvalue weighted by Crippen LogP contribution is -1.92. The van der Waals surface area contributed by atoms with E-state index in [9.17, 15) is 0 Å². The van der Waals surface area contributed by atoms with Crippen LogP contribution in [0.5, 0.6) is 0 Å². The molecule has 0 radical (unpaired) electrons. The van der Waals surface area contributed by atoms with Crippen LogP contribution in [-0.4, -0.2) is 14.2 Å². The van der Waals surface area contributed by atoms with Crippen molar-refractivity contribution in [3.63, 3.8) is 0 Å². The molecule has 1 fully saturated rings. The molecule has 0 spiro atoms. The van der Waals surface area contributed by atoms with Gasteiger partial charge < -0.3 is 4.57 Å². The highest BCUT2D eigenvalue weighted by molar-refractivity contribution is 5.43. The van der Waals surface area contributed by atoms with Crippen molar-refractivity contribution in [1.29, 1.82) is 0 Å². The maximum Gasteiger partial charge on any atom is 0.136 e. The highest BCUT2D eigenvalue weighted by atomic mass is 15.3. The van der Waals surface area contributed by atoms with Crippen molar-refractivity contribution in [2.75, 3.05) is 0 Å². The van der Waals surface area contributed by atoms with Crippen LogP contribution < -0.4 is 0 Å². The first-order valence-electron chi connectivity index (χ1n) is 4.86. The molecule has 1 aliphatic rings. The average Bonchev–Trinajstić information content (AvgIpc) is 2.84. The van der Waals surface area contributed by atoms with E-state index >= 15 is 0 Å². The van der Waals surface area contributed by atoms with Crippen LogP contribution in [0.1, 0.15) is 24.5 Å². The molecular formula is C11H11N3. The van der Waals surface area contributed by atoms with Gasteiger partial charge >= 0.3 is 0 Å². The molecule has 3 heteroatoms. The summed E-state index contributed by atoms with van der Waals surface area (Å²) in [5.41, 5.74) is 2.32. The van der Waals surface area contributed by atoms with E-state index in [1.54, 1.807) is 0 Å². The molecule has 70 valence electrons. The molecule has 0 saturated heterocycles. The minimum atomic E-state index is 0.617. The minimum absolute atomic E-state index is 0.617. The van der Waals surface area contributed by atoms with Crippen molar-refractivity contribution in [1.82, 2.24) is 14.2 Å². The number of hydrogen-bond donors (Lipinski definition) is 0. The van der Waals surface area contributed by atoms with E-state index < -0.39 is 0 Å². The van der Waals surface area contributed by atoms with Crippen LogP contribution in [0.25, 0.3) is 5.65 Å². The lowest BCUT2D eigenvalue weighted by Gasteiger charge is -1.93. The number of imidazole rings is 1. The van der Waals surface area contributed by atoms with Gasteiger partial charge in [0.15, 0.2) is 0 Å². The summed E-state index contributed by atoms with van der Waals surface area (Å²) in [5, 5.41) is 4.50. The second-order valence-electron chi connectivity index (χ2n) is 3.78. The Hall–Kier alpha value is -1.69. The summed E-state index contributed by atoms with van der Waals surface area (Å²) in [6, 6.07) is 2.15. The van der Waals surface area contributed by atoms with Crippen molar-refractivity contribution in [3.05, 3.63) is 24.2 Å². The van der Waals surface area contributed by atoms with Crippen molar-refractivity contribution in [2.24, 2.45) is 0 Å². The number of hydrogen-bond acceptors (Lipinski definition) is 1. The summed E-state index contributed by atoms with van der Waals surface area (Å²) >= 11 is 0. The summed E-state index contributed by atoms with van der Waals surface area (Å²) in [5.74, 6) is 3.34. The average molecular weight is 185 g/mol. The van der Waals surface area contributed by atoms with Gasteiger partial charge in [-0.05, 0) is 12.8 Å². The van der Waals surface area contributed by atoms with Crippen LogP contribution in [0.4, 0.5) is 0 Å². The van der Waals surface area contributed by atoms with Crippen molar-refractivity contribution in [3.8, 4) is 12.3 Å². The Morgan fingerprint density at radius 2 is 2.36 bits per heavy atom. The van der Waals surface area contributed by atoms with Gasteiger partial charge in [-0.15, -0.1) is 6.42 Å². The van der Waals surface area contributed by atoms with Gasteiger partial charge in [-0.3, -0.25) is 0 Å². The highest BCUT2D eigenvalue weighted by Crippen LogP contribution is 2.39. The molecule has 0 aromatic carbocycles. The third-order valence-corrected chi connectivity index (χ3v) is 2.67. The quantitative estimate of drug-likeness (QED) is 0.652. The second kappa shape index (κ2) is 2.65. The van der Waals surface area contributed by atoms with Crippen molar-refractivity contribution >= 4 is 5.65 Å². The molecule has 0 atom stereocenters. The molecule has 0 aliphatic heterocycles. The third kappa shape index (κ3) is 1.04. The topological polar surface area (TPSA) is 22.2 Å². The SMILES string of the molecule is C#CCn1ccn2nc(C3CC3)cc12. The summed E-state index contributed by atoms with van der Waals surface area (Å²) in [6.07, 6.45) is 11.8. The first kappa shape index (κ1) is 7.69. The maximum atomic E-state index is 5.29. The Bertz CT molecular complexity index is 508. The van der Waals surface area contributed by atoms with Crippen LogP contribution >= 0.6 is 0 Å². The van der Waals surface area contributed by atoms with E-state index in [1.165, 1.54) is 18.5 Å². The van der Waals surface area contributed by atoms with Gasteiger partial charge in [-0.2, -0.15) is 5.10 Å². The zero-order chi connectivity index (χ0) is 9.54. The van der Waals surface area contributed by atoms with E-state index in [0.717, 1.165) is 5.65 Å². The third-order valence-electron chi connectivity index (χ3n) is 2.67. The largest absolute Gasteiger partial charge is 0.320 e. The van der Waals surface area contributed by atoms with Crippen LogP contribution in [0.15, 0.2) is 18.5 Å². The Balaban J connectivity index is 2.10. The smallest absolute Gasteiger partial charge is 0.136 e. The van der Waals surface area contributed by atoms with E-state index in [4.69, 9.17) is 6.42 Å². The molecule has 1 aliphatic carbocycles. The fourth-order valence-electron chi connectivity index (χ4n) is 1.76. The summed E-state index contributed by atoms with van der Waals surface area (Å²) in [4.78, 5) is 0. The lowest BCUT2D eigenvalue weighted by molar-refractivity contribution is 0.862. The fraction of sp³-hybridized carbons (Fsp3) is 0.364. The van der Waals surface area contributed by atoms with E-state index in [1.807, 2.05) is 21.5 Å². The number of aromatic nitrogens is 3. The summed E-state index contributed by atoms with van der Waals surface area (Å²) < 4.78 is 3.95. The highest BCUT2D eigenvalue weighted by Gasteiger charge is 2.26. The zero-order valence-electron chi connectivity index (χ0n) is 7.85. The van der Waals surface area contributed by atoms with Gasteiger partial charge in [0.05, 0.1) is 12.2 Å². The summed E-state index contributed by atoms with van der Waals surface area (Å²) in [6.45, 7) is 0.617. The molecule has 0 unspecified atom stereocenters. The van der Waals surface area contributed by atoms with E-state index in [2.05, 4.69) is 17.1 Å². The van der Waals surface area contributed by atoms with Crippen molar-refractivity contribution < 1.29 is 0 Å². The Morgan fingerprint density at radius 1 is 1.50 bits per heavy atom. The van der Waals surface area contributed by atoms with Gasteiger partial charge in [0, 0.05) is 24.4 Å². The molecule has 14 heavy (non-hydrogen) atoms. The van der Waals surface area contributed by atoms with Gasteiger partial charge in [0.25, 0.3) is 0 Å². The van der Waals surface area contributed by atoms with Gasteiger partial charge in [0.2, 0.25) is 0 Å². The predicted octanol–water partition coefficient (Wildman–Crippen LogP) is 1.65. The molecule has 2 aromatic rings. The van der Waals surface area contributed by atoms with Crippen LogP contribution in [-0.2, 0) is 6.54 Å². The molecule has 0 bridgehead atoms. The van der Waals surface area contributed by atoms with Gasteiger partial charge in [-0.25, -0.2) is 4.52 Å². The molecule has 2 aromatic heterocycles. The number of rotatable bonds is 2. The van der Waals surface area contributed by atoms with Crippen LogP contribution in [0.3, 0.4) is 0 Å². The van der Waals surface area contributed by atoms with Gasteiger partial charge in [0.1, 0.15) is 5.65 Å². The van der Waals surface area contributed by atoms with Crippen LogP contribution in [0, 0.1) is 12.3 Å². The normalized spacial score (nSPS) is 15.9. The van der Waals surface area contributed by atoms with E-state index in [-0.39, 0.29) is 0 Å². The fourth-order valence-corrected chi connectivity index (χ4v) is 1.76. The standard InChI is InChI=1S/C11H11N3/c1-2-5-13-6-7-14-11(13)8-10(12-14)9-3-4-9/h1,6-9H,3-5H2. The van der Waals surface area contributed by atoms with Crippen LogP contribution in [0.2, 0.25) is 0 Å². The first-order chi connectivity index (χ1) is 6.88. The minimum Gasteiger partial charge on any atom is -0.320 e. The Morgan fingerprint density at radius 3 is 3.07 bits per heavy atom. The lowest BCUT2D eigenvalue weighted by atomic mass is 10.3. The van der Waals surface area contributed by atoms with Gasteiger partial charge in [-0.1, -0.05) is 5.92 Å². The molecule has 0 N–H and O–H groups in total. The number of terminal acetylenes is 1. The monoisotopic (exact) mass is 185 g/mol. The maximum absolute atomic E-state index is 5.29. The first-order valence-corrected chi connectivity index (χ1v) is 4.86. The molecule has 3 rings (SSSR count). The van der Waals surface area contributed by atoms with Crippen molar-refractivity contribution in [2.45, 2.75) is 25.3 Å². The number of fused-ring (bicyclic) bond motifs is 1. The molecule has 1 saturated carbocycles. The molecule has 3 nitrogen and oxygen atoms in total. The molecule has 0 amide bonds. The molecular weight excluding hydrogens is 174 g/mol. The second-order valence-corrected chi connectivity index (χ2v) is 3.78. The predicted molar refractivity (Wildman–Crippen MR) is 54.0 cm³/mol. The number of nitrogens with zero attached hydrogens (tertiary/aromatic N) is 3. The molecule has 2 heterocycles. The zero-order valence-corrected chi connectivity index (χ0v) is 7.85. The van der Waals surface area contributed by atoms with E-state index in [0.29, 0.717) is 12.5 Å². The Labute approximate surface area is 82.3 Å². The summed E-state index contributed by atoms with van der Waals surface area (Å²) in [7, 11) is 0. The Kier molecular flexibility index (Phi) is 1.45.